The summed E-state index contributed by atoms with van der Waals surface area (Å²) < 4.78 is 24.4. The van der Waals surface area contributed by atoms with Gasteiger partial charge in [0, 0.05) is 5.56 Å². The van der Waals surface area contributed by atoms with Crippen LogP contribution in [0.2, 0.25) is 5.02 Å². The summed E-state index contributed by atoms with van der Waals surface area (Å²) in [6.07, 6.45) is 0. The normalized spacial score (nSPS) is 11.0. The summed E-state index contributed by atoms with van der Waals surface area (Å²) in [5.74, 6) is 0.612. The van der Waals surface area contributed by atoms with E-state index < -0.39 is 5.82 Å². The quantitative estimate of drug-likeness (QED) is 0.482. The van der Waals surface area contributed by atoms with Gasteiger partial charge in [-0.05, 0) is 53.6 Å². The number of nitrogens with zero attached hydrogens (tertiary/aromatic N) is 1. The molecule has 0 unspecified atom stereocenters. The van der Waals surface area contributed by atoms with Gasteiger partial charge in [0.15, 0.2) is 5.58 Å². The summed E-state index contributed by atoms with van der Waals surface area (Å²) in [5.41, 5.74) is 10.2. The first-order chi connectivity index (χ1) is 12.5. The third-order valence-corrected chi connectivity index (χ3v) is 4.41. The van der Waals surface area contributed by atoms with E-state index in [1.807, 2.05) is 24.3 Å². The predicted molar refractivity (Wildman–Crippen MR) is 101 cm³/mol. The minimum absolute atomic E-state index is 0.0807. The van der Waals surface area contributed by atoms with Crippen molar-refractivity contribution in [3.8, 4) is 28.3 Å². The van der Waals surface area contributed by atoms with Gasteiger partial charge >= 0.3 is 0 Å². The van der Waals surface area contributed by atoms with Crippen LogP contribution in [0, 0.1) is 5.82 Å². The Morgan fingerprint density at radius 3 is 2.46 bits per heavy atom. The molecule has 0 atom stereocenters. The van der Waals surface area contributed by atoms with Crippen LogP contribution in [-0.4, -0.2) is 12.1 Å². The van der Waals surface area contributed by atoms with Gasteiger partial charge in [-0.3, -0.25) is 0 Å². The molecule has 0 aliphatic heterocycles. The molecule has 0 radical (unpaired) electrons. The first kappa shape index (κ1) is 16.4. The van der Waals surface area contributed by atoms with E-state index in [4.69, 9.17) is 26.5 Å². The van der Waals surface area contributed by atoms with Crippen LogP contribution in [0.1, 0.15) is 0 Å². The van der Waals surface area contributed by atoms with E-state index in [-0.39, 0.29) is 5.02 Å². The van der Waals surface area contributed by atoms with Crippen LogP contribution in [-0.2, 0) is 0 Å². The first-order valence-corrected chi connectivity index (χ1v) is 8.23. The van der Waals surface area contributed by atoms with Gasteiger partial charge in [-0.2, -0.15) is 0 Å². The number of ether oxygens (including phenoxy) is 1. The number of anilines is 1. The Labute approximate surface area is 154 Å². The van der Waals surface area contributed by atoms with Crippen molar-refractivity contribution in [2.24, 2.45) is 0 Å². The van der Waals surface area contributed by atoms with E-state index in [9.17, 15) is 4.39 Å². The third-order valence-electron chi connectivity index (χ3n) is 4.12. The van der Waals surface area contributed by atoms with Crippen LogP contribution in [0.15, 0.2) is 59.0 Å². The zero-order valence-corrected chi connectivity index (χ0v) is 14.5. The summed E-state index contributed by atoms with van der Waals surface area (Å²) in [5, 5.41) is 0.0807. The lowest BCUT2D eigenvalue weighted by molar-refractivity contribution is 0.417. The lowest BCUT2D eigenvalue weighted by Gasteiger charge is -2.04. The molecule has 1 aromatic heterocycles. The van der Waals surface area contributed by atoms with E-state index >= 15 is 0 Å². The lowest BCUT2D eigenvalue weighted by atomic mass is 10.1. The Kier molecular flexibility index (Phi) is 4.01. The molecule has 4 aromatic rings. The fourth-order valence-corrected chi connectivity index (χ4v) is 2.95. The molecular weight excluding hydrogens is 355 g/mol. The molecule has 6 heteroatoms. The van der Waals surface area contributed by atoms with Crippen LogP contribution in [0.5, 0.6) is 5.75 Å². The van der Waals surface area contributed by atoms with Gasteiger partial charge in [-0.15, -0.1) is 0 Å². The van der Waals surface area contributed by atoms with Crippen molar-refractivity contribution in [2.75, 3.05) is 12.8 Å². The monoisotopic (exact) mass is 368 g/mol. The van der Waals surface area contributed by atoms with Crippen molar-refractivity contribution in [3.05, 3.63) is 65.4 Å². The number of nitrogens with two attached hydrogens (primary N) is 1. The van der Waals surface area contributed by atoms with Gasteiger partial charge in [0.1, 0.15) is 17.1 Å². The topological polar surface area (TPSA) is 61.3 Å². The zero-order chi connectivity index (χ0) is 18.3. The number of hydrogen-bond donors (Lipinski definition) is 1. The Morgan fingerprint density at radius 1 is 1.00 bits per heavy atom. The van der Waals surface area contributed by atoms with E-state index in [0.29, 0.717) is 28.4 Å². The highest BCUT2D eigenvalue weighted by molar-refractivity contribution is 6.31. The molecule has 0 saturated carbocycles. The van der Waals surface area contributed by atoms with Crippen molar-refractivity contribution >= 4 is 28.4 Å². The maximum absolute atomic E-state index is 13.4. The summed E-state index contributed by atoms with van der Waals surface area (Å²) in [4.78, 5) is 4.54. The number of aromatic nitrogens is 1. The number of rotatable bonds is 3. The maximum Gasteiger partial charge on any atom is 0.227 e. The molecule has 1 heterocycles. The second-order valence-electron chi connectivity index (χ2n) is 5.79. The van der Waals surface area contributed by atoms with Crippen molar-refractivity contribution in [3.63, 3.8) is 0 Å². The van der Waals surface area contributed by atoms with E-state index in [2.05, 4.69) is 4.98 Å². The van der Waals surface area contributed by atoms with Crippen LogP contribution >= 0.6 is 11.6 Å². The van der Waals surface area contributed by atoms with Gasteiger partial charge in [0.25, 0.3) is 0 Å². The fraction of sp³-hybridized carbons (Fsp3) is 0.0500. The molecule has 0 spiro atoms. The number of nitrogen functional groups attached to an aromatic ring is 1. The molecular formula is C20H14ClFN2O2. The number of hydrogen-bond acceptors (Lipinski definition) is 4. The SMILES string of the molecule is COc1ccc(-c2nc3cc(-c4ccc(F)c(Cl)c4)ccc3o2)cc1N. The van der Waals surface area contributed by atoms with Gasteiger partial charge in [-0.25, -0.2) is 9.37 Å². The largest absolute Gasteiger partial charge is 0.495 e. The number of halogens is 2. The average molecular weight is 369 g/mol. The highest BCUT2D eigenvalue weighted by atomic mass is 35.5. The molecule has 4 rings (SSSR count). The molecule has 4 nitrogen and oxygen atoms in total. The van der Waals surface area contributed by atoms with E-state index in [0.717, 1.165) is 16.7 Å². The number of oxazole rings is 1. The Hall–Kier alpha value is -3.05. The predicted octanol–water partition coefficient (Wildman–Crippen LogP) is 5.55. The molecule has 0 fully saturated rings. The molecule has 0 bridgehead atoms. The van der Waals surface area contributed by atoms with Crippen LogP contribution in [0.3, 0.4) is 0 Å². The Balaban J connectivity index is 1.76. The summed E-state index contributed by atoms with van der Waals surface area (Å²) >= 11 is 5.87. The van der Waals surface area contributed by atoms with Crippen LogP contribution < -0.4 is 10.5 Å². The van der Waals surface area contributed by atoms with Crippen LogP contribution in [0.25, 0.3) is 33.7 Å². The van der Waals surface area contributed by atoms with E-state index in [1.54, 1.807) is 31.4 Å². The minimum Gasteiger partial charge on any atom is -0.495 e. The highest BCUT2D eigenvalue weighted by Crippen LogP contribution is 2.32. The van der Waals surface area contributed by atoms with Gasteiger partial charge in [-0.1, -0.05) is 23.7 Å². The minimum atomic E-state index is -0.447. The smallest absolute Gasteiger partial charge is 0.227 e. The average Bonchev–Trinajstić information content (AvgIpc) is 3.07. The molecule has 0 amide bonds. The maximum atomic E-state index is 13.4. The van der Waals surface area contributed by atoms with E-state index in [1.165, 1.54) is 6.07 Å². The lowest BCUT2D eigenvalue weighted by Crippen LogP contribution is -1.92. The van der Waals surface area contributed by atoms with Crippen molar-refractivity contribution in [2.45, 2.75) is 0 Å². The number of benzene rings is 3. The zero-order valence-electron chi connectivity index (χ0n) is 13.8. The third kappa shape index (κ3) is 2.86. The first-order valence-electron chi connectivity index (χ1n) is 7.85. The van der Waals surface area contributed by atoms with Crippen LogP contribution in [0.4, 0.5) is 10.1 Å². The van der Waals surface area contributed by atoms with Gasteiger partial charge in [0.2, 0.25) is 5.89 Å². The second-order valence-corrected chi connectivity index (χ2v) is 6.19. The van der Waals surface area contributed by atoms with Crippen molar-refractivity contribution in [1.82, 2.24) is 4.98 Å². The fourth-order valence-electron chi connectivity index (χ4n) is 2.77. The summed E-state index contributed by atoms with van der Waals surface area (Å²) in [6.45, 7) is 0. The standard InChI is InChI=1S/C20H14ClFN2O2/c1-25-18-6-4-13(9-16(18)23)20-24-17-10-12(3-7-19(17)26-20)11-2-5-15(22)14(21)8-11/h2-10H,23H2,1H3. The molecule has 3 aromatic carbocycles. The van der Waals surface area contributed by atoms with Gasteiger partial charge < -0.3 is 14.9 Å². The van der Waals surface area contributed by atoms with Gasteiger partial charge in [0.05, 0.1) is 17.8 Å². The summed E-state index contributed by atoms with van der Waals surface area (Å²) in [6, 6.07) is 15.5. The summed E-state index contributed by atoms with van der Waals surface area (Å²) in [7, 11) is 1.56. The highest BCUT2D eigenvalue weighted by Gasteiger charge is 2.12. The molecule has 130 valence electrons. The molecule has 2 N–H and O–H groups in total. The Bertz CT molecular complexity index is 1120. The molecule has 26 heavy (non-hydrogen) atoms. The molecule has 0 aliphatic carbocycles. The van der Waals surface area contributed by atoms with Crippen molar-refractivity contribution in [1.29, 1.82) is 0 Å². The second kappa shape index (κ2) is 6.35. The Morgan fingerprint density at radius 2 is 1.73 bits per heavy atom. The molecule has 0 saturated heterocycles. The molecule has 0 aliphatic rings. The number of fused-ring (bicyclic) bond motifs is 1. The number of methoxy groups -OCH3 is 1. The van der Waals surface area contributed by atoms with Crippen molar-refractivity contribution < 1.29 is 13.5 Å².